The van der Waals surface area contributed by atoms with E-state index in [1.807, 2.05) is 7.05 Å². The van der Waals surface area contributed by atoms with E-state index in [-0.39, 0.29) is 29.6 Å². The van der Waals surface area contributed by atoms with E-state index in [1.54, 1.807) is 4.90 Å². The van der Waals surface area contributed by atoms with Gasteiger partial charge in [0.15, 0.2) is 0 Å². The average molecular weight is 381 g/mol. The normalized spacial score (nSPS) is 16.8. The van der Waals surface area contributed by atoms with E-state index in [0.717, 1.165) is 24.1 Å². The number of carbonyl (C=O) groups is 1. The molecule has 8 heteroatoms. The second-order valence-corrected chi connectivity index (χ2v) is 6.26. The van der Waals surface area contributed by atoms with Gasteiger partial charge in [-0.05, 0) is 62.7 Å². The fourth-order valence-electron chi connectivity index (χ4n) is 3.16. The van der Waals surface area contributed by atoms with Crippen LogP contribution in [-0.2, 0) is 0 Å². The lowest BCUT2D eigenvalue weighted by molar-refractivity contribution is 0.0666. The first-order valence-corrected chi connectivity index (χ1v) is 8.38. The van der Waals surface area contributed by atoms with Crippen molar-refractivity contribution in [3.05, 3.63) is 58.3 Å². The van der Waals surface area contributed by atoms with Crippen molar-refractivity contribution in [1.29, 1.82) is 0 Å². The molecule has 2 aromatic rings. The standard InChI is InChI=1S/C18H21FN4O2.ClH/c1-20-11-13-3-2-10-22(12-13)18(25)16-8-9-17(24)23(21-16)15-6-4-14(19)5-7-15;/h4-9,13,20H,2-3,10-12H2,1H3;1H. The minimum absolute atomic E-state index is 0. The van der Waals surface area contributed by atoms with Gasteiger partial charge in [-0.15, -0.1) is 12.4 Å². The van der Waals surface area contributed by atoms with E-state index >= 15 is 0 Å². The van der Waals surface area contributed by atoms with E-state index in [4.69, 9.17) is 0 Å². The van der Waals surface area contributed by atoms with Crippen LogP contribution in [0.15, 0.2) is 41.2 Å². The first-order chi connectivity index (χ1) is 12.1. The summed E-state index contributed by atoms with van der Waals surface area (Å²) in [6.07, 6.45) is 2.04. The van der Waals surface area contributed by atoms with Crippen molar-refractivity contribution in [2.45, 2.75) is 12.8 Å². The number of hydrogen-bond donors (Lipinski definition) is 1. The summed E-state index contributed by atoms with van der Waals surface area (Å²) in [5.74, 6) is -0.157. The molecule has 0 saturated carbocycles. The Kier molecular flexibility index (Phi) is 6.88. The molecule has 0 bridgehead atoms. The quantitative estimate of drug-likeness (QED) is 0.879. The summed E-state index contributed by atoms with van der Waals surface area (Å²) < 4.78 is 14.2. The van der Waals surface area contributed by atoms with Gasteiger partial charge in [-0.3, -0.25) is 9.59 Å². The lowest BCUT2D eigenvalue weighted by Gasteiger charge is -2.32. The Morgan fingerprint density at radius 3 is 2.69 bits per heavy atom. The molecule has 26 heavy (non-hydrogen) atoms. The molecular formula is C18H22ClFN4O2. The van der Waals surface area contributed by atoms with Crippen molar-refractivity contribution in [2.75, 3.05) is 26.7 Å². The third-order valence-electron chi connectivity index (χ3n) is 4.39. The zero-order valence-electron chi connectivity index (χ0n) is 14.5. The van der Waals surface area contributed by atoms with E-state index in [2.05, 4.69) is 10.4 Å². The van der Waals surface area contributed by atoms with Crippen LogP contribution in [0.2, 0.25) is 0 Å². The van der Waals surface area contributed by atoms with Gasteiger partial charge >= 0.3 is 0 Å². The molecular weight excluding hydrogens is 359 g/mol. The maximum atomic E-state index is 13.1. The van der Waals surface area contributed by atoms with Gasteiger partial charge in [0.25, 0.3) is 11.5 Å². The molecule has 3 rings (SSSR count). The summed E-state index contributed by atoms with van der Waals surface area (Å²) in [4.78, 5) is 26.6. The molecule has 1 atom stereocenters. The molecule has 2 heterocycles. The maximum Gasteiger partial charge on any atom is 0.274 e. The van der Waals surface area contributed by atoms with E-state index in [1.165, 1.54) is 36.4 Å². The smallest absolute Gasteiger partial charge is 0.274 e. The molecule has 0 radical (unpaired) electrons. The predicted molar refractivity (Wildman–Crippen MR) is 99.6 cm³/mol. The monoisotopic (exact) mass is 380 g/mol. The highest BCUT2D eigenvalue weighted by atomic mass is 35.5. The van der Waals surface area contributed by atoms with Crippen molar-refractivity contribution >= 4 is 18.3 Å². The molecule has 1 aliphatic heterocycles. The summed E-state index contributed by atoms with van der Waals surface area (Å²) >= 11 is 0. The molecule has 1 amide bonds. The van der Waals surface area contributed by atoms with E-state index < -0.39 is 5.82 Å². The minimum atomic E-state index is -0.395. The number of hydrogen-bond acceptors (Lipinski definition) is 4. The Morgan fingerprint density at radius 2 is 2.00 bits per heavy atom. The summed E-state index contributed by atoms with van der Waals surface area (Å²) in [6, 6.07) is 8.20. The van der Waals surface area contributed by atoms with Gasteiger partial charge in [0.2, 0.25) is 0 Å². The van der Waals surface area contributed by atoms with Crippen molar-refractivity contribution < 1.29 is 9.18 Å². The minimum Gasteiger partial charge on any atom is -0.337 e. The molecule has 1 N–H and O–H groups in total. The second kappa shape index (κ2) is 8.91. The zero-order chi connectivity index (χ0) is 17.8. The first-order valence-electron chi connectivity index (χ1n) is 8.38. The van der Waals surface area contributed by atoms with Crippen LogP contribution in [0.5, 0.6) is 0 Å². The van der Waals surface area contributed by atoms with Crippen molar-refractivity contribution in [3.63, 3.8) is 0 Å². The number of likely N-dealkylation sites (tertiary alicyclic amines) is 1. The van der Waals surface area contributed by atoms with E-state index in [0.29, 0.717) is 24.7 Å². The lowest BCUT2D eigenvalue weighted by Crippen LogP contribution is -2.43. The predicted octanol–water partition coefficient (Wildman–Crippen LogP) is 1.86. The molecule has 140 valence electrons. The number of carbonyl (C=O) groups excluding carboxylic acids is 1. The maximum absolute atomic E-state index is 13.1. The van der Waals surface area contributed by atoms with Crippen molar-refractivity contribution in [2.24, 2.45) is 5.92 Å². The number of nitrogens with one attached hydrogen (secondary N) is 1. The highest BCUT2D eigenvalue weighted by Gasteiger charge is 2.25. The Morgan fingerprint density at radius 1 is 1.27 bits per heavy atom. The second-order valence-electron chi connectivity index (χ2n) is 6.26. The number of benzene rings is 1. The number of amides is 1. The van der Waals surface area contributed by atoms with Crippen molar-refractivity contribution in [1.82, 2.24) is 20.0 Å². The molecule has 0 aliphatic carbocycles. The SMILES string of the molecule is CNCC1CCCN(C(=O)c2ccc(=O)n(-c3ccc(F)cc3)n2)C1.Cl. The molecule has 1 aliphatic rings. The van der Waals surface area contributed by atoms with Crippen molar-refractivity contribution in [3.8, 4) is 5.69 Å². The molecule has 1 aromatic carbocycles. The number of halogens is 2. The first kappa shape index (κ1) is 20.1. The van der Waals surface area contributed by atoms with Crippen LogP contribution in [0.4, 0.5) is 4.39 Å². The summed E-state index contributed by atoms with van der Waals surface area (Å²) in [7, 11) is 1.90. The van der Waals surface area contributed by atoms with Gasteiger partial charge in [0, 0.05) is 19.2 Å². The van der Waals surface area contributed by atoms with Gasteiger partial charge in [-0.25, -0.2) is 4.39 Å². The highest BCUT2D eigenvalue weighted by Crippen LogP contribution is 2.17. The molecule has 1 aromatic heterocycles. The van der Waals surface area contributed by atoms with Gasteiger partial charge < -0.3 is 10.2 Å². The van der Waals surface area contributed by atoms with Crippen LogP contribution in [0.3, 0.4) is 0 Å². The van der Waals surface area contributed by atoms with E-state index in [9.17, 15) is 14.0 Å². The van der Waals surface area contributed by atoms with Crippen LogP contribution in [0.1, 0.15) is 23.3 Å². The number of nitrogens with zero attached hydrogens (tertiary/aromatic N) is 3. The van der Waals surface area contributed by atoms with Gasteiger partial charge in [-0.1, -0.05) is 0 Å². The van der Waals surface area contributed by atoms with Gasteiger partial charge in [0.1, 0.15) is 11.5 Å². The Balaban J connectivity index is 0.00000243. The molecule has 1 fully saturated rings. The lowest BCUT2D eigenvalue weighted by atomic mass is 9.98. The number of aromatic nitrogens is 2. The fourth-order valence-corrected chi connectivity index (χ4v) is 3.16. The highest BCUT2D eigenvalue weighted by molar-refractivity contribution is 5.92. The topological polar surface area (TPSA) is 67.2 Å². The van der Waals surface area contributed by atoms with Crippen LogP contribution in [0.25, 0.3) is 5.69 Å². The Bertz CT molecular complexity index is 808. The Hall–Kier alpha value is -2.25. The molecule has 1 unspecified atom stereocenters. The molecule has 1 saturated heterocycles. The van der Waals surface area contributed by atoms with Crippen LogP contribution < -0.4 is 10.9 Å². The molecule has 6 nitrogen and oxygen atoms in total. The van der Waals surface area contributed by atoms with Crippen LogP contribution in [-0.4, -0.2) is 47.3 Å². The number of piperidine rings is 1. The molecule has 0 spiro atoms. The summed E-state index contributed by atoms with van der Waals surface area (Å²) in [6.45, 7) is 2.24. The third kappa shape index (κ3) is 4.47. The third-order valence-corrected chi connectivity index (χ3v) is 4.39. The fraction of sp³-hybridized carbons (Fsp3) is 0.389. The summed E-state index contributed by atoms with van der Waals surface area (Å²) in [5, 5.41) is 7.34. The Labute approximate surface area is 157 Å². The van der Waals surface area contributed by atoms with Crippen LogP contribution >= 0.6 is 12.4 Å². The largest absolute Gasteiger partial charge is 0.337 e. The van der Waals surface area contributed by atoms with Crippen LogP contribution in [0, 0.1) is 11.7 Å². The summed E-state index contributed by atoms with van der Waals surface area (Å²) in [5.41, 5.74) is 0.275. The van der Waals surface area contributed by atoms with Gasteiger partial charge in [-0.2, -0.15) is 9.78 Å². The number of rotatable bonds is 4. The average Bonchev–Trinajstić information content (AvgIpc) is 2.63. The zero-order valence-corrected chi connectivity index (χ0v) is 15.3. The van der Waals surface area contributed by atoms with Gasteiger partial charge in [0.05, 0.1) is 5.69 Å².